The summed E-state index contributed by atoms with van der Waals surface area (Å²) < 4.78 is 7.19. The van der Waals surface area contributed by atoms with Crippen molar-refractivity contribution in [1.29, 1.82) is 0 Å². The summed E-state index contributed by atoms with van der Waals surface area (Å²) in [5, 5.41) is 8.07. The fourth-order valence-corrected chi connectivity index (χ4v) is 3.08. The van der Waals surface area contributed by atoms with E-state index in [1.165, 1.54) is 16.0 Å². The number of anilines is 1. The van der Waals surface area contributed by atoms with Crippen LogP contribution in [-0.2, 0) is 6.73 Å². The number of amides is 1. The lowest BCUT2D eigenvalue weighted by molar-refractivity contribution is 0.102. The van der Waals surface area contributed by atoms with Crippen LogP contribution in [0.3, 0.4) is 0 Å². The van der Waals surface area contributed by atoms with Crippen LogP contribution in [-0.4, -0.2) is 20.7 Å². The van der Waals surface area contributed by atoms with E-state index in [0.29, 0.717) is 21.6 Å². The Labute approximate surface area is 154 Å². The van der Waals surface area contributed by atoms with Crippen molar-refractivity contribution in [2.24, 2.45) is 0 Å². The van der Waals surface area contributed by atoms with Gasteiger partial charge in [-0.05, 0) is 44.5 Å². The molecule has 0 saturated heterocycles. The minimum absolute atomic E-state index is 0.159. The van der Waals surface area contributed by atoms with Crippen LogP contribution < -0.4 is 10.1 Å². The van der Waals surface area contributed by atoms with Gasteiger partial charge in [0.15, 0.2) is 17.6 Å². The molecule has 0 radical (unpaired) electrons. The molecule has 0 unspecified atom stereocenters. The summed E-state index contributed by atoms with van der Waals surface area (Å²) in [4.78, 5) is 17.6. The second-order valence-electron chi connectivity index (χ2n) is 5.56. The highest BCUT2D eigenvalue weighted by molar-refractivity contribution is 7.15. The van der Waals surface area contributed by atoms with E-state index in [1.54, 1.807) is 18.3 Å². The normalized spacial score (nSPS) is 10.7. The first-order valence-electron chi connectivity index (χ1n) is 7.60. The topological polar surface area (TPSA) is 69.0 Å². The molecule has 0 saturated carbocycles. The Balaban J connectivity index is 1.63. The molecule has 1 N–H and O–H groups in total. The summed E-state index contributed by atoms with van der Waals surface area (Å²) in [7, 11) is 0. The zero-order valence-electron chi connectivity index (χ0n) is 14.0. The predicted octanol–water partition coefficient (Wildman–Crippen LogP) is 4.21. The van der Waals surface area contributed by atoms with E-state index >= 15 is 0 Å². The molecule has 6 nitrogen and oxygen atoms in total. The standard InChI is InChI=1S/C17H17ClN4O2S/c1-10-4-5-13(18)15(8-10)24-9-22-7-6-14(21-22)16(23)20-17-19-11(2)12(3)25-17/h4-8H,9H2,1-3H3,(H,19,20,23). The number of rotatable bonds is 5. The summed E-state index contributed by atoms with van der Waals surface area (Å²) in [6.45, 7) is 5.99. The number of ether oxygens (including phenoxy) is 1. The largest absolute Gasteiger partial charge is 0.470 e. The Bertz CT molecular complexity index is 900. The molecule has 3 aromatic rings. The summed E-state index contributed by atoms with van der Waals surface area (Å²) in [6, 6.07) is 7.18. The van der Waals surface area contributed by atoms with Crippen molar-refractivity contribution in [1.82, 2.24) is 14.8 Å². The molecule has 1 aromatic carbocycles. The summed E-state index contributed by atoms with van der Waals surface area (Å²) in [6.07, 6.45) is 1.68. The number of hydrogen-bond donors (Lipinski definition) is 1. The van der Waals surface area contributed by atoms with Crippen LogP contribution in [0.2, 0.25) is 5.02 Å². The Morgan fingerprint density at radius 2 is 2.12 bits per heavy atom. The molecule has 0 aliphatic heterocycles. The molecule has 0 fully saturated rings. The highest BCUT2D eigenvalue weighted by Crippen LogP contribution is 2.25. The maximum absolute atomic E-state index is 12.2. The van der Waals surface area contributed by atoms with E-state index in [9.17, 15) is 4.79 Å². The van der Waals surface area contributed by atoms with E-state index in [-0.39, 0.29) is 12.6 Å². The maximum Gasteiger partial charge on any atom is 0.277 e. The van der Waals surface area contributed by atoms with Crippen molar-refractivity contribution in [2.75, 3.05) is 5.32 Å². The highest BCUT2D eigenvalue weighted by Gasteiger charge is 2.13. The molecule has 0 spiro atoms. The van der Waals surface area contributed by atoms with Gasteiger partial charge in [-0.15, -0.1) is 11.3 Å². The van der Waals surface area contributed by atoms with Gasteiger partial charge in [0.2, 0.25) is 0 Å². The highest BCUT2D eigenvalue weighted by atomic mass is 35.5. The van der Waals surface area contributed by atoms with Crippen LogP contribution in [0.5, 0.6) is 5.75 Å². The monoisotopic (exact) mass is 376 g/mol. The second-order valence-corrected chi connectivity index (χ2v) is 7.17. The van der Waals surface area contributed by atoms with Crippen molar-refractivity contribution in [3.8, 4) is 5.75 Å². The molecule has 1 amide bonds. The van der Waals surface area contributed by atoms with Crippen LogP contribution in [0.25, 0.3) is 0 Å². The minimum atomic E-state index is -0.305. The average molecular weight is 377 g/mol. The molecule has 2 aromatic heterocycles. The molecule has 130 valence electrons. The fraction of sp³-hybridized carbons (Fsp3) is 0.235. The third-order valence-corrected chi connectivity index (χ3v) is 4.86. The molecule has 8 heteroatoms. The number of aromatic nitrogens is 3. The average Bonchev–Trinajstić information content (AvgIpc) is 3.15. The Kier molecular flexibility index (Phi) is 5.06. The molecule has 0 atom stereocenters. The van der Waals surface area contributed by atoms with Gasteiger partial charge in [-0.3, -0.25) is 10.1 Å². The molecular formula is C17H17ClN4O2S. The number of thiazole rings is 1. The minimum Gasteiger partial charge on any atom is -0.470 e. The Morgan fingerprint density at radius 3 is 2.84 bits per heavy atom. The van der Waals surface area contributed by atoms with Gasteiger partial charge in [-0.1, -0.05) is 17.7 Å². The van der Waals surface area contributed by atoms with Crippen molar-refractivity contribution < 1.29 is 9.53 Å². The first-order valence-corrected chi connectivity index (χ1v) is 8.79. The van der Waals surface area contributed by atoms with Gasteiger partial charge in [0.25, 0.3) is 5.91 Å². The number of nitrogens with one attached hydrogen (secondary N) is 1. The van der Waals surface area contributed by atoms with Gasteiger partial charge in [0.05, 0.1) is 10.7 Å². The molecule has 3 rings (SSSR count). The van der Waals surface area contributed by atoms with E-state index in [0.717, 1.165) is 16.1 Å². The number of nitrogens with zero attached hydrogens (tertiary/aromatic N) is 3. The van der Waals surface area contributed by atoms with Gasteiger partial charge >= 0.3 is 0 Å². The van der Waals surface area contributed by atoms with Crippen molar-refractivity contribution in [3.63, 3.8) is 0 Å². The number of carbonyl (C=O) groups is 1. The van der Waals surface area contributed by atoms with Gasteiger partial charge in [0, 0.05) is 11.1 Å². The number of carbonyl (C=O) groups excluding carboxylic acids is 1. The Morgan fingerprint density at radius 1 is 1.32 bits per heavy atom. The fourth-order valence-electron chi connectivity index (χ4n) is 2.10. The summed E-state index contributed by atoms with van der Waals surface area (Å²) >= 11 is 7.54. The van der Waals surface area contributed by atoms with E-state index < -0.39 is 0 Å². The third-order valence-electron chi connectivity index (χ3n) is 3.56. The van der Waals surface area contributed by atoms with Gasteiger partial charge in [-0.2, -0.15) is 5.10 Å². The smallest absolute Gasteiger partial charge is 0.277 e. The lowest BCUT2D eigenvalue weighted by atomic mass is 10.2. The van der Waals surface area contributed by atoms with Crippen LogP contribution in [0.15, 0.2) is 30.5 Å². The number of benzene rings is 1. The third kappa shape index (κ3) is 4.18. The van der Waals surface area contributed by atoms with Gasteiger partial charge < -0.3 is 4.74 Å². The Hall–Kier alpha value is -2.38. The lowest BCUT2D eigenvalue weighted by Crippen LogP contribution is -2.14. The zero-order valence-corrected chi connectivity index (χ0v) is 15.6. The molecule has 0 bridgehead atoms. The molecular weight excluding hydrogens is 360 g/mol. The predicted molar refractivity (Wildman–Crippen MR) is 98.6 cm³/mol. The van der Waals surface area contributed by atoms with Gasteiger partial charge in [0.1, 0.15) is 5.75 Å². The molecule has 25 heavy (non-hydrogen) atoms. The van der Waals surface area contributed by atoms with E-state index in [2.05, 4.69) is 15.4 Å². The van der Waals surface area contributed by atoms with Crippen LogP contribution in [0, 0.1) is 20.8 Å². The molecule has 0 aliphatic carbocycles. The second kappa shape index (κ2) is 7.25. The maximum atomic E-state index is 12.2. The van der Waals surface area contributed by atoms with E-state index in [1.807, 2.05) is 32.9 Å². The quantitative estimate of drug-likeness (QED) is 0.724. The summed E-state index contributed by atoms with van der Waals surface area (Å²) in [5.41, 5.74) is 2.26. The van der Waals surface area contributed by atoms with Crippen LogP contribution in [0.4, 0.5) is 5.13 Å². The SMILES string of the molecule is Cc1ccc(Cl)c(OCn2ccc(C(=O)Nc3nc(C)c(C)s3)n2)c1. The number of hydrogen-bond acceptors (Lipinski definition) is 5. The van der Waals surface area contributed by atoms with Crippen LogP contribution in [0.1, 0.15) is 26.6 Å². The van der Waals surface area contributed by atoms with Crippen molar-refractivity contribution in [2.45, 2.75) is 27.5 Å². The first kappa shape index (κ1) is 17.4. The van der Waals surface area contributed by atoms with E-state index in [4.69, 9.17) is 16.3 Å². The van der Waals surface area contributed by atoms with Crippen molar-refractivity contribution in [3.05, 3.63) is 57.3 Å². The zero-order chi connectivity index (χ0) is 18.0. The van der Waals surface area contributed by atoms with Crippen molar-refractivity contribution >= 4 is 34.0 Å². The van der Waals surface area contributed by atoms with Gasteiger partial charge in [-0.25, -0.2) is 9.67 Å². The number of halogens is 1. The molecule has 2 heterocycles. The first-order chi connectivity index (χ1) is 11.9. The number of aryl methyl sites for hydroxylation is 3. The van der Waals surface area contributed by atoms with Crippen LogP contribution >= 0.6 is 22.9 Å². The molecule has 0 aliphatic rings. The summed E-state index contributed by atoms with van der Waals surface area (Å²) in [5.74, 6) is 0.276. The lowest BCUT2D eigenvalue weighted by Gasteiger charge is -2.08.